The van der Waals surface area contributed by atoms with Crippen LogP contribution in [0.15, 0.2) is 0 Å². The van der Waals surface area contributed by atoms with Crippen LogP contribution in [-0.4, -0.2) is 18.2 Å². The van der Waals surface area contributed by atoms with E-state index in [1.54, 1.807) is 0 Å². The van der Waals surface area contributed by atoms with Crippen LogP contribution < -0.4 is 0 Å². The highest BCUT2D eigenvalue weighted by Gasteiger charge is 2.39. The normalized spacial score (nSPS) is 12.0. The first-order valence-corrected chi connectivity index (χ1v) is 3.22. The zero-order chi connectivity index (χ0) is 10.4. The molecule has 0 bridgehead atoms. The third-order valence-electron chi connectivity index (χ3n) is 0.511. The lowest BCUT2D eigenvalue weighted by Crippen LogP contribution is -2.21. The molecule has 0 aromatic rings. The van der Waals surface area contributed by atoms with Crippen molar-refractivity contribution < 1.29 is 26.3 Å². The zero-order valence-corrected chi connectivity index (χ0v) is 6.82. The van der Waals surface area contributed by atoms with Gasteiger partial charge in [0.25, 0.3) is 5.92 Å². The number of hydrogen-bond donors (Lipinski definition) is 0. The molecular formula is C5H7ClF6. The van der Waals surface area contributed by atoms with Gasteiger partial charge in [-0.2, -0.15) is 13.2 Å². The second-order valence-corrected chi connectivity index (χ2v) is 2.17. The summed E-state index contributed by atoms with van der Waals surface area (Å²) in [4.78, 5) is 0. The van der Waals surface area contributed by atoms with Gasteiger partial charge < -0.3 is 0 Å². The molecule has 0 fully saturated rings. The van der Waals surface area contributed by atoms with Gasteiger partial charge in [0.05, 0.1) is 0 Å². The Morgan fingerprint density at radius 3 is 1.33 bits per heavy atom. The van der Waals surface area contributed by atoms with Gasteiger partial charge >= 0.3 is 6.18 Å². The van der Waals surface area contributed by atoms with E-state index < -0.39 is 24.7 Å². The molecule has 0 nitrogen and oxygen atoms in total. The van der Waals surface area contributed by atoms with Gasteiger partial charge in [-0.05, 0) is 6.92 Å². The molecule has 0 N–H and O–H groups in total. The molecule has 0 saturated heterocycles. The predicted molar refractivity (Wildman–Crippen MR) is 33.1 cm³/mol. The van der Waals surface area contributed by atoms with Crippen LogP contribution in [0, 0.1) is 0 Å². The maximum absolute atomic E-state index is 11.5. The summed E-state index contributed by atoms with van der Waals surface area (Å²) in [5.74, 6) is -3.64. The minimum atomic E-state index is -4.77. The van der Waals surface area contributed by atoms with Crippen LogP contribution in [-0.2, 0) is 0 Å². The Hall–Kier alpha value is -0.130. The Morgan fingerprint density at radius 2 is 1.33 bits per heavy atom. The van der Waals surface area contributed by atoms with Gasteiger partial charge in [-0.1, -0.05) is 11.6 Å². The Labute approximate surface area is 70.5 Å². The lowest BCUT2D eigenvalue weighted by atomic mass is 10.3. The molecular weight excluding hydrogens is 209 g/mol. The first kappa shape index (κ1) is 14.4. The van der Waals surface area contributed by atoms with Crippen LogP contribution in [0.4, 0.5) is 26.3 Å². The van der Waals surface area contributed by atoms with E-state index in [0.717, 1.165) is 0 Å². The molecule has 0 aromatic carbocycles. The molecule has 0 spiro atoms. The Bertz CT molecular complexity index is 91.5. The second-order valence-electron chi connectivity index (χ2n) is 1.96. The maximum atomic E-state index is 11.5. The van der Waals surface area contributed by atoms with E-state index in [9.17, 15) is 26.3 Å². The molecule has 0 aliphatic rings. The van der Waals surface area contributed by atoms with Crippen molar-refractivity contribution in [2.45, 2.75) is 25.4 Å². The van der Waals surface area contributed by atoms with Crippen molar-refractivity contribution in [1.29, 1.82) is 0 Å². The highest BCUT2D eigenvalue weighted by atomic mass is 35.5. The van der Waals surface area contributed by atoms with E-state index in [2.05, 4.69) is 11.6 Å². The van der Waals surface area contributed by atoms with Gasteiger partial charge in [0.2, 0.25) is 0 Å². The van der Waals surface area contributed by atoms with Crippen LogP contribution >= 0.6 is 11.6 Å². The summed E-state index contributed by atoms with van der Waals surface area (Å²) in [5.41, 5.74) is 0. The molecule has 12 heavy (non-hydrogen) atoms. The minimum Gasteiger partial charge on any atom is -0.234 e. The second kappa shape index (κ2) is 5.50. The Balaban J connectivity index is 0. The van der Waals surface area contributed by atoms with E-state index in [4.69, 9.17) is 0 Å². The van der Waals surface area contributed by atoms with Gasteiger partial charge in [-0.25, -0.2) is 13.2 Å². The topological polar surface area (TPSA) is 0 Å². The van der Waals surface area contributed by atoms with Crippen LogP contribution in [0.3, 0.4) is 0 Å². The maximum Gasteiger partial charge on any atom is 0.394 e. The Kier molecular flexibility index (Phi) is 6.60. The van der Waals surface area contributed by atoms with Gasteiger partial charge in [0.1, 0.15) is 6.42 Å². The van der Waals surface area contributed by atoms with E-state index in [1.807, 2.05) is 0 Å². The molecule has 0 radical (unpaired) electrons. The van der Waals surface area contributed by atoms with E-state index >= 15 is 0 Å². The summed E-state index contributed by atoms with van der Waals surface area (Å²) in [6, 6.07) is 0. The third kappa shape index (κ3) is 22.5. The molecule has 0 heterocycles. The number of alkyl halides is 7. The fourth-order valence-electron chi connectivity index (χ4n) is 0.352. The summed E-state index contributed by atoms with van der Waals surface area (Å²) in [5, 5.41) is 0. The molecule has 0 amide bonds. The van der Waals surface area contributed by atoms with Crippen molar-refractivity contribution in [1.82, 2.24) is 0 Å². The quantitative estimate of drug-likeness (QED) is 0.463. The zero-order valence-electron chi connectivity index (χ0n) is 6.06. The average molecular weight is 217 g/mol. The van der Waals surface area contributed by atoms with Gasteiger partial charge in [0.15, 0.2) is 6.13 Å². The van der Waals surface area contributed by atoms with Crippen LogP contribution in [0.1, 0.15) is 13.3 Å². The van der Waals surface area contributed by atoms with Gasteiger partial charge in [-0.15, -0.1) is 0 Å². The SMILES string of the molecule is CC(F)(F)CC(F)(F)F.FCCl. The number of hydrogen-bond acceptors (Lipinski definition) is 0. The molecule has 0 rings (SSSR count). The predicted octanol–water partition coefficient (Wildman–Crippen LogP) is 3.75. The summed E-state index contributed by atoms with van der Waals surface area (Å²) in [7, 11) is 0. The fourth-order valence-corrected chi connectivity index (χ4v) is 0.352. The lowest BCUT2D eigenvalue weighted by molar-refractivity contribution is -0.182. The monoisotopic (exact) mass is 216 g/mol. The van der Waals surface area contributed by atoms with Crippen LogP contribution in [0.5, 0.6) is 0 Å². The van der Waals surface area contributed by atoms with Crippen molar-refractivity contribution in [3.8, 4) is 0 Å². The van der Waals surface area contributed by atoms with Crippen molar-refractivity contribution >= 4 is 11.6 Å². The van der Waals surface area contributed by atoms with Crippen LogP contribution in [0.2, 0.25) is 0 Å². The fraction of sp³-hybridized carbons (Fsp3) is 1.00. The highest BCUT2D eigenvalue weighted by Crippen LogP contribution is 2.30. The molecule has 0 aromatic heterocycles. The molecule has 0 atom stereocenters. The number of halogens is 7. The summed E-state index contributed by atoms with van der Waals surface area (Å²) >= 11 is 4.33. The van der Waals surface area contributed by atoms with Crippen molar-refractivity contribution in [3.63, 3.8) is 0 Å². The van der Waals surface area contributed by atoms with Crippen molar-refractivity contribution in [2.24, 2.45) is 0 Å². The summed E-state index contributed by atoms with van der Waals surface area (Å²) in [6.07, 6.45) is -7.59. The van der Waals surface area contributed by atoms with Crippen molar-refractivity contribution in [3.05, 3.63) is 0 Å². The molecule has 76 valence electrons. The smallest absolute Gasteiger partial charge is 0.234 e. The van der Waals surface area contributed by atoms with Gasteiger partial charge in [-0.3, -0.25) is 0 Å². The standard InChI is InChI=1S/C4H5F5.CH2ClF/c1-3(5,6)2-4(7,8)9;2-1-3/h2H2,1H3;1H2. The lowest BCUT2D eigenvalue weighted by Gasteiger charge is -2.11. The van der Waals surface area contributed by atoms with Gasteiger partial charge in [0, 0.05) is 0 Å². The molecule has 0 unspecified atom stereocenters. The Morgan fingerprint density at radius 1 is 1.08 bits per heavy atom. The minimum absolute atomic E-state index is 0.237. The van der Waals surface area contributed by atoms with E-state index in [1.165, 1.54) is 0 Å². The highest BCUT2D eigenvalue weighted by molar-refractivity contribution is 6.16. The molecule has 0 saturated carbocycles. The molecule has 7 heteroatoms. The van der Waals surface area contributed by atoms with E-state index in [-0.39, 0.29) is 6.92 Å². The first-order chi connectivity index (χ1) is 5.12. The largest absolute Gasteiger partial charge is 0.394 e. The molecule has 0 aliphatic carbocycles. The third-order valence-corrected chi connectivity index (χ3v) is 0.511. The van der Waals surface area contributed by atoms with Crippen molar-refractivity contribution in [2.75, 3.05) is 6.13 Å². The molecule has 0 aliphatic heterocycles. The number of rotatable bonds is 1. The summed E-state index contributed by atoms with van der Waals surface area (Å²) in [6.45, 7) is 0.237. The van der Waals surface area contributed by atoms with Crippen LogP contribution in [0.25, 0.3) is 0 Å². The average Bonchev–Trinajstić information content (AvgIpc) is 1.53. The van der Waals surface area contributed by atoms with E-state index in [0.29, 0.717) is 0 Å². The summed E-state index contributed by atoms with van der Waals surface area (Å²) < 4.78 is 66.3. The first-order valence-electron chi connectivity index (χ1n) is 2.69.